The Hall–Kier alpha value is -0.690. The lowest BCUT2D eigenvalue weighted by molar-refractivity contribution is -0.133. The molecule has 0 aromatic carbocycles. The number of morpholine rings is 1. The third kappa shape index (κ3) is 4.20. The predicted molar refractivity (Wildman–Crippen MR) is 67.2 cm³/mol. The maximum atomic E-state index is 12.1. The first-order valence-electron chi connectivity index (χ1n) is 6.71. The molecule has 1 aliphatic heterocycles. The molecule has 104 valence electrons. The smallest absolute Gasteiger partial charge is 0.239 e. The molecule has 2 rings (SSSR count). The van der Waals surface area contributed by atoms with Crippen LogP contribution in [0.4, 0.5) is 0 Å². The fraction of sp³-hybridized carbons (Fsp3) is 0.917. The zero-order chi connectivity index (χ0) is 12.8. The lowest BCUT2D eigenvalue weighted by atomic mass is 10.2. The van der Waals surface area contributed by atoms with E-state index in [0.29, 0.717) is 39.0 Å². The van der Waals surface area contributed by atoms with Crippen LogP contribution in [-0.4, -0.2) is 69.0 Å². The Morgan fingerprint density at radius 3 is 3.00 bits per heavy atom. The van der Waals surface area contributed by atoms with Crippen molar-refractivity contribution in [2.45, 2.75) is 24.9 Å². The van der Waals surface area contributed by atoms with Gasteiger partial charge in [0.25, 0.3) is 0 Å². The average Bonchev–Trinajstić information content (AvgIpc) is 3.19. The molecule has 1 atom stereocenters. The molecule has 0 bridgehead atoms. The first kappa shape index (κ1) is 13.7. The molecule has 1 unspecified atom stereocenters. The maximum absolute atomic E-state index is 12.1. The van der Waals surface area contributed by atoms with E-state index in [1.165, 1.54) is 0 Å². The summed E-state index contributed by atoms with van der Waals surface area (Å²) in [6, 6.07) is 0.232. The summed E-state index contributed by atoms with van der Waals surface area (Å²) in [4.78, 5) is 14.2. The molecule has 6 nitrogen and oxygen atoms in total. The standard InChI is InChI=1S/C12H23N3O3/c13-3-6-17-7-4-15-5-8-18-9-11(15)12(16)14-10-1-2-10/h10-11H,1-9,13H2,(H,14,16). The Morgan fingerprint density at radius 1 is 1.44 bits per heavy atom. The van der Waals surface area contributed by atoms with Crippen LogP contribution in [0.2, 0.25) is 0 Å². The molecular weight excluding hydrogens is 234 g/mol. The van der Waals surface area contributed by atoms with Crippen LogP contribution in [0, 0.1) is 0 Å². The number of nitrogens with zero attached hydrogens (tertiary/aromatic N) is 1. The highest BCUT2D eigenvalue weighted by Crippen LogP contribution is 2.19. The van der Waals surface area contributed by atoms with Gasteiger partial charge in [0.05, 0.1) is 26.4 Å². The zero-order valence-electron chi connectivity index (χ0n) is 10.8. The number of rotatable bonds is 7. The molecule has 18 heavy (non-hydrogen) atoms. The van der Waals surface area contributed by atoms with Crippen LogP contribution in [0.1, 0.15) is 12.8 Å². The average molecular weight is 257 g/mol. The number of ether oxygens (including phenoxy) is 2. The van der Waals surface area contributed by atoms with E-state index in [1.807, 2.05) is 0 Å². The minimum atomic E-state index is -0.166. The van der Waals surface area contributed by atoms with E-state index in [-0.39, 0.29) is 11.9 Å². The lowest BCUT2D eigenvalue weighted by Crippen LogP contribution is -2.54. The van der Waals surface area contributed by atoms with Crippen LogP contribution < -0.4 is 11.1 Å². The quantitative estimate of drug-likeness (QED) is 0.569. The second-order valence-electron chi connectivity index (χ2n) is 4.81. The first-order chi connectivity index (χ1) is 8.81. The van der Waals surface area contributed by atoms with Gasteiger partial charge in [0.15, 0.2) is 0 Å². The molecular formula is C12H23N3O3. The number of hydrogen-bond acceptors (Lipinski definition) is 5. The van der Waals surface area contributed by atoms with Crippen molar-refractivity contribution in [2.24, 2.45) is 5.73 Å². The molecule has 2 fully saturated rings. The Balaban J connectivity index is 1.74. The SMILES string of the molecule is NCCOCCN1CCOCC1C(=O)NC1CC1. The van der Waals surface area contributed by atoms with Crippen LogP contribution in [0.5, 0.6) is 0 Å². The summed E-state index contributed by atoms with van der Waals surface area (Å²) in [5.41, 5.74) is 5.36. The van der Waals surface area contributed by atoms with Gasteiger partial charge in [-0.3, -0.25) is 9.69 Å². The van der Waals surface area contributed by atoms with Crippen molar-refractivity contribution in [2.75, 3.05) is 46.1 Å². The van der Waals surface area contributed by atoms with Crippen molar-refractivity contribution in [3.63, 3.8) is 0 Å². The van der Waals surface area contributed by atoms with E-state index in [9.17, 15) is 4.79 Å². The van der Waals surface area contributed by atoms with Crippen molar-refractivity contribution < 1.29 is 14.3 Å². The van der Waals surface area contributed by atoms with E-state index in [4.69, 9.17) is 15.2 Å². The molecule has 2 aliphatic rings. The first-order valence-corrected chi connectivity index (χ1v) is 6.71. The number of hydrogen-bond donors (Lipinski definition) is 2. The Morgan fingerprint density at radius 2 is 2.28 bits per heavy atom. The summed E-state index contributed by atoms with van der Waals surface area (Å²) in [6.07, 6.45) is 2.22. The number of nitrogens with one attached hydrogen (secondary N) is 1. The summed E-state index contributed by atoms with van der Waals surface area (Å²) in [5, 5.41) is 3.03. The highest BCUT2D eigenvalue weighted by atomic mass is 16.5. The topological polar surface area (TPSA) is 76.8 Å². The van der Waals surface area contributed by atoms with Gasteiger partial charge >= 0.3 is 0 Å². The van der Waals surface area contributed by atoms with Crippen LogP contribution in [0.3, 0.4) is 0 Å². The molecule has 1 aliphatic carbocycles. The van der Waals surface area contributed by atoms with Gasteiger partial charge in [0, 0.05) is 25.7 Å². The predicted octanol–water partition coefficient (Wildman–Crippen LogP) is -1.06. The molecule has 0 radical (unpaired) electrons. The number of nitrogens with two attached hydrogens (primary N) is 1. The molecule has 1 amide bonds. The third-order valence-corrected chi connectivity index (χ3v) is 3.25. The summed E-state index contributed by atoms with van der Waals surface area (Å²) in [7, 11) is 0. The van der Waals surface area contributed by atoms with Crippen molar-refractivity contribution in [3.05, 3.63) is 0 Å². The van der Waals surface area contributed by atoms with Gasteiger partial charge in [0.1, 0.15) is 6.04 Å². The minimum Gasteiger partial charge on any atom is -0.379 e. The van der Waals surface area contributed by atoms with Crippen LogP contribution in [0.25, 0.3) is 0 Å². The van der Waals surface area contributed by atoms with E-state index in [0.717, 1.165) is 25.9 Å². The van der Waals surface area contributed by atoms with Gasteiger partial charge < -0.3 is 20.5 Å². The number of amides is 1. The molecule has 0 aromatic rings. The van der Waals surface area contributed by atoms with Crippen molar-refractivity contribution in [3.8, 4) is 0 Å². The van der Waals surface area contributed by atoms with Gasteiger partial charge in [-0.2, -0.15) is 0 Å². The highest BCUT2D eigenvalue weighted by molar-refractivity contribution is 5.82. The van der Waals surface area contributed by atoms with Crippen molar-refractivity contribution in [1.29, 1.82) is 0 Å². The molecule has 0 aromatic heterocycles. The Bertz CT molecular complexity index is 271. The van der Waals surface area contributed by atoms with E-state index in [2.05, 4.69) is 10.2 Å². The van der Waals surface area contributed by atoms with Gasteiger partial charge in [-0.1, -0.05) is 0 Å². The van der Waals surface area contributed by atoms with E-state index in [1.54, 1.807) is 0 Å². The Labute approximate surface area is 108 Å². The molecule has 3 N–H and O–H groups in total. The molecule has 6 heteroatoms. The molecule has 1 heterocycles. The number of carbonyl (C=O) groups is 1. The zero-order valence-corrected chi connectivity index (χ0v) is 10.8. The van der Waals surface area contributed by atoms with Gasteiger partial charge in [-0.05, 0) is 12.8 Å². The van der Waals surface area contributed by atoms with Crippen LogP contribution >= 0.6 is 0 Å². The van der Waals surface area contributed by atoms with Crippen LogP contribution in [0.15, 0.2) is 0 Å². The maximum Gasteiger partial charge on any atom is 0.239 e. The number of carbonyl (C=O) groups excluding carboxylic acids is 1. The Kier molecular flexibility index (Phi) is 5.37. The summed E-state index contributed by atoms with van der Waals surface area (Å²) in [5.74, 6) is 0.0935. The fourth-order valence-electron chi connectivity index (χ4n) is 2.04. The second-order valence-corrected chi connectivity index (χ2v) is 4.81. The molecule has 1 saturated carbocycles. The van der Waals surface area contributed by atoms with Gasteiger partial charge in [-0.15, -0.1) is 0 Å². The van der Waals surface area contributed by atoms with E-state index < -0.39 is 0 Å². The lowest BCUT2D eigenvalue weighted by Gasteiger charge is -2.34. The highest BCUT2D eigenvalue weighted by Gasteiger charge is 2.32. The van der Waals surface area contributed by atoms with Gasteiger partial charge in [-0.25, -0.2) is 0 Å². The van der Waals surface area contributed by atoms with Crippen molar-refractivity contribution >= 4 is 5.91 Å². The summed E-state index contributed by atoms with van der Waals surface area (Å²) < 4.78 is 10.8. The summed E-state index contributed by atoms with van der Waals surface area (Å²) in [6.45, 7) is 4.43. The third-order valence-electron chi connectivity index (χ3n) is 3.25. The molecule has 1 saturated heterocycles. The second kappa shape index (κ2) is 7.04. The largest absolute Gasteiger partial charge is 0.379 e. The van der Waals surface area contributed by atoms with Gasteiger partial charge in [0.2, 0.25) is 5.91 Å². The summed E-state index contributed by atoms with van der Waals surface area (Å²) >= 11 is 0. The normalized spacial score (nSPS) is 25.1. The monoisotopic (exact) mass is 257 g/mol. The minimum absolute atomic E-state index is 0.0935. The van der Waals surface area contributed by atoms with Crippen molar-refractivity contribution in [1.82, 2.24) is 10.2 Å². The molecule has 0 spiro atoms. The van der Waals surface area contributed by atoms with E-state index >= 15 is 0 Å². The van der Waals surface area contributed by atoms with Crippen LogP contribution in [-0.2, 0) is 14.3 Å². The fourth-order valence-corrected chi connectivity index (χ4v) is 2.04.